The third kappa shape index (κ3) is 7.40. The molecule has 1 rings (SSSR count). The van der Waals surface area contributed by atoms with Crippen LogP contribution in [-0.2, 0) is 16.1 Å². The number of aryl methyl sites for hydroxylation is 1. The smallest absolute Gasteiger partial charge is 0.156 e. The minimum absolute atomic E-state index is 0.430. The number of aromatic nitrogens is 2. The molecule has 0 fully saturated rings. The van der Waals surface area contributed by atoms with Gasteiger partial charge in [-0.15, -0.1) is 0 Å². The predicted octanol–water partition coefficient (Wildman–Crippen LogP) is 2.94. The Morgan fingerprint density at radius 1 is 1.05 bits per heavy atom. The molecule has 0 aliphatic rings. The highest BCUT2D eigenvalue weighted by molar-refractivity contribution is 5.35. The molecule has 114 valence electrons. The maximum atomic E-state index is 5.54. The lowest BCUT2D eigenvalue weighted by Crippen LogP contribution is -2.09. The first-order chi connectivity index (χ1) is 9.76. The Balaban J connectivity index is 2.26. The second-order valence-corrected chi connectivity index (χ2v) is 4.76. The predicted molar refractivity (Wildman–Crippen MR) is 80.9 cm³/mol. The van der Waals surface area contributed by atoms with Crippen molar-refractivity contribution in [2.45, 2.75) is 46.6 Å². The number of nitrogens with zero attached hydrogens (tertiary/aromatic N) is 2. The van der Waals surface area contributed by atoms with Gasteiger partial charge in [0.25, 0.3) is 0 Å². The van der Waals surface area contributed by atoms with Gasteiger partial charge in [-0.3, -0.25) is 0 Å². The molecule has 0 bridgehead atoms. The van der Waals surface area contributed by atoms with Gasteiger partial charge in [0.1, 0.15) is 12.4 Å². The molecule has 0 aliphatic heterocycles. The number of hydrogen-bond acceptors (Lipinski definition) is 5. The number of unbranched alkanes of at least 4 members (excludes halogenated alkanes) is 1. The average Bonchev–Trinajstić information content (AvgIpc) is 2.43. The fraction of sp³-hybridized carbons (Fsp3) is 0.733. The van der Waals surface area contributed by atoms with E-state index in [4.69, 9.17) is 9.47 Å². The number of anilines is 1. The van der Waals surface area contributed by atoms with Crippen LogP contribution in [0.15, 0.2) is 6.07 Å². The van der Waals surface area contributed by atoms with E-state index in [1.165, 1.54) is 0 Å². The van der Waals surface area contributed by atoms with E-state index in [2.05, 4.69) is 29.1 Å². The van der Waals surface area contributed by atoms with E-state index in [1.54, 1.807) is 0 Å². The van der Waals surface area contributed by atoms with Crippen molar-refractivity contribution >= 4 is 5.82 Å². The van der Waals surface area contributed by atoms with Gasteiger partial charge in [-0.25, -0.2) is 9.97 Å². The molecule has 1 aromatic heterocycles. The topological polar surface area (TPSA) is 56.3 Å². The third-order valence-corrected chi connectivity index (χ3v) is 2.70. The quantitative estimate of drug-likeness (QED) is 0.632. The molecule has 0 spiro atoms. The molecule has 0 atom stereocenters. The Hall–Kier alpha value is -1.20. The van der Waals surface area contributed by atoms with Crippen LogP contribution >= 0.6 is 0 Å². The summed E-state index contributed by atoms with van der Waals surface area (Å²) in [5.74, 6) is 1.59. The van der Waals surface area contributed by atoms with Crippen molar-refractivity contribution in [3.63, 3.8) is 0 Å². The summed E-state index contributed by atoms with van der Waals surface area (Å²) in [7, 11) is 0. The van der Waals surface area contributed by atoms with Crippen LogP contribution in [0.25, 0.3) is 0 Å². The standard InChI is InChI=1S/C15H27N3O2/c1-4-6-8-19-9-10-20-12-15-17-13(3)11-14(18-15)16-7-5-2/h11H,4-10,12H2,1-3H3,(H,16,17,18). The van der Waals surface area contributed by atoms with Crippen LogP contribution in [0.3, 0.4) is 0 Å². The van der Waals surface area contributed by atoms with Gasteiger partial charge in [0, 0.05) is 24.9 Å². The van der Waals surface area contributed by atoms with Crippen molar-refractivity contribution in [1.29, 1.82) is 0 Å². The molecule has 5 nitrogen and oxygen atoms in total. The Morgan fingerprint density at radius 2 is 1.85 bits per heavy atom. The zero-order valence-electron chi connectivity index (χ0n) is 12.9. The number of hydrogen-bond donors (Lipinski definition) is 1. The van der Waals surface area contributed by atoms with Gasteiger partial charge >= 0.3 is 0 Å². The molecule has 0 radical (unpaired) electrons. The van der Waals surface area contributed by atoms with Crippen molar-refractivity contribution in [1.82, 2.24) is 9.97 Å². The van der Waals surface area contributed by atoms with Crippen molar-refractivity contribution in [2.75, 3.05) is 31.7 Å². The molecule has 0 saturated heterocycles. The van der Waals surface area contributed by atoms with Crippen LogP contribution in [0, 0.1) is 6.92 Å². The van der Waals surface area contributed by atoms with E-state index in [0.29, 0.717) is 19.8 Å². The normalized spacial score (nSPS) is 10.8. The molecule has 1 heterocycles. The molecular weight excluding hydrogens is 254 g/mol. The fourth-order valence-corrected chi connectivity index (χ4v) is 1.67. The zero-order valence-corrected chi connectivity index (χ0v) is 12.9. The van der Waals surface area contributed by atoms with Crippen LogP contribution in [0.5, 0.6) is 0 Å². The summed E-state index contributed by atoms with van der Waals surface area (Å²) in [5, 5.41) is 3.27. The maximum absolute atomic E-state index is 5.54. The molecular formula is C15H27N3O2. The molecule has 0 unspecified atom stereocenters. The summed E-state index contributed by atoms with van der Waals surface area (Å²) in [6.07, 6.45) is 3.34. The van der Waals surface area contributed by atoms with Gasteiger partial charge in [-0.2, -0.15) is 0 Å². The highest BCUT2D eigenvalue weighted by Crippen LogP contribution is 2.07. The van der Waals surface area contributed by atoms with E-state index in [-0.39, 0.29) is 0 Å². The van der Waals surface area contributed by atoms with Gasteiger partial charge < -0.3 is 14.8 Å². The molecule has 1 aromatic rings. The monoisotopic (exact) mass is 281 g/mol. The van der Waals surface area contributed by atoms with Crippen LogP contribution in [0.1, 0.15) is 44.6 Å². The van der Waals surface area contributed by atoms with Gasteiger partial charge in [-0.1, -0.05) is 20.3 Å². The van der Waals surface area contributed by atoms with Crippen molar-refractivity contribution in [3.8, 4) is 0 Å². The van der Waals surface area contributed by atoms with E-state index in [9.17, 15) is 0 Å². The first-order valence-corrected chi connectivity index (χ1v) is 7.50. The lowest BCUT2D eigenvalue weighted by atomic mass is 10.4. The second-order valence-electron chi connectivity index (χ2n) is 4.76. The summed E-state index contributed by atoms with van der Waals surface area (Å²) >= 11 is 0. The summed E-state index contributed by atoms with van der Waals surface area (Å²) < 4.78 is 11.0. The highest BCUT2D eigenvalue weighted by atomic mass is 16.5. The molecule has 0 aliphatic carbocycles. The first-order valence-electron chi connectivity index (χ1n) is 7.50. The number of rotatable bonds is 11. The second kappa shape index (κ2) is 10.6. The van der Waals surface area contributed by atoms with E-state index < -0.39 is 0 Å². The van der Waals surface area contributed by atoms with Crippen LogP contribution in [-0.4, -0.2) is 36.3 Å². The SMILES string of the molecule is CCCCOCCOCc1nc(C)cc(NCCC)n1. The Kier molecular flexibility index (Phi) is 8.91. The Morgan fingerprint density at radius 3 is 2.60 bits per heavy atom. The molecule has 20 heavy (non-hydrogen) atoms. The van der Waals surface area contributed by atoms with Crippen LogP contribution in [0.2, 0.25) is 0 Å². The third-order valence-electron chi connectivity index (χ3n) is 2.70. The van der Waals surface area contributed by atoms with E-state index in [1.807, 2.05) is 13.0 Å². The average molecular weight is 281 g/mol. The molecule has 5 heteroatoms. The Bertz CT molecular complexity index is 372. The Labute approximate surface area is 122 Å². The summed E-state index contributed by atoms with van der Waals surface area (Å²) in [6.45, 7) is 9.62. The minimum atomic E-state index is 0.430. The van der Waals surface area contributed by atoms with E-state index in [0.717, 1.165) is 49.8 Å². The highest BCUT2D eigenvalue weighted by Gasteiger charge is 2.02. The minimum Gasteiger partial charge on any atom is -0.379 e. The van der Waals surface area contributed by atoms with Crippen LogP contribution in [0.4, 0.5) is 5.82 Å². The van der Waals surface area contributed by atoms with Crippen molar-refractivity contribution < 1.29 is 9.47 Å². The summed E-state index contributed by atoms with van der Waals surface area (Å²) in [5.41, 5.74) is 0.955. The van der Waals surface area contributed by atoms with E-state index >= 15 is 0 Å². The maximum Gasteiger partial charge on any atom is 0.156 e. The van der Waals surface area contributed by atoms with Gasteiger partial charge in [0.2, 0.25) is 0 Å². The van der Waals surface area contributed by atoms with Gasteiger partial charge in [0.15, 0.2) is 5.82 Å². The molecule has 0 aromatic carbocycles. The molecule has 0 saturated carbocycles. The first kappa shape index (κ1) is 16.9. The van der Waals surface area contributed by atoms with Crippen molar-refractivity contribution in [2.24, 2.45) is 0 Å². The summed E-state index contributed by atoms with van der Waals surface area (Å²) in [4.78, 5) is 8.80. The number of nitrogens with one attached hydrogen (secondary N) is 1. The zero-order chi connectivity index (χ0) is 14.6. The lowest BCUT2D eigenvalue weighted by Gasteiger charge is -2.08. The molecule has 0 amide bonds. The fourth-order valence-electron chi connectivity index (χ4n) is 1.67. The van der Waals surface area contributed by atoms with Gasteiger partial charge in [-0.05, 0) is 19.8 Å². The van der Waals surface area contributed by atoms with Gasteiger partial charge in [0.05, 0.1) is 13.2 Å². The largest absolute Gasteiger partial charge is 0.379 e. The lowest BCUT2D eigenvalue weighted by molar-refractivity contribution is 0.0374. The number of ether oxygens (including phenoxy) is 2. The molecule has 1 N–H and O–H groups in total. The van der Waals surface area contributed by atoms with Crippen molar-refractivity contribution in [3.05, 3.63) is 17.6 Å². The summed E-state index contributed by atoms with van der Waals surface area (Å²) in [6, 6.07) is 1.95. The van der Waals surface area contributed by atoms with Crippen LogP contribution < -0.4 is 5.32 Å².